The smallest absolute Gasteiger partial charge is 0.230 e. The number of nitrogens with zero attached hydrogens (tertiary/aromatic N) is 1. The molecule has 1 heterocycles. The van der Waals surface area contributed by atoms with Crippen molar-refractivity contribution in [3.63, 3.8) is 0 Å². The first-order chi connectivity index (χ1) is 10.6. The summed E-state index contributed by atoms with van der Waals surface area (Å²) in [6, 6.07) is 7.72. The molecular weight excluding hydrogens is 336 g/mol. The number of rotatable bonds is 7. The van der Waals surface area contributed by atoms with E-state index in [2.05, 4.69) is 17.2 Å². The van der Waals surface area contributed by atoms with Crippen molar-refractivity contribution in [2.75, 3.05) is 5.75 Å². The quantitative estimate of drug-likeness (QED) is 0.809. The zero-order chi connectivity index (χ0) is 15.9. The maximum Gasteiger partial charge on any atom is 0.230 e. The van der Waals surface area contributed by atoms with Crippen molar-refractivity contribution >= 4 is 40.6 Å². The molecule has 0 radical (unpaired) electrons. The molecule has 0 aliphatic carbocycles. The molecule has 3 nitrogen and oxygen atoms in total. The molecule has 0 atom stereocenters. The van der Waals surface area contributed by atoms with Crippen LogP contribution in [0.2, 0.25) is 5.02 Å². The van der Waals surface area contributed by atoms with Gasteiger partial charge in [-0.1, -0.05) is 36.7 Å². The lowest BCUT2D eigenvalue weighted by Gasteiger charge is -2.06. The number of hydrogen-bond donors (Lipinski definition) is 1. The molecular formula is C16H19ClN2OS2. The van der Waals surface area contributed by atoms with E-state index in [9.17, 15) is 4.79 Å². The molecule has 1 aromatic heterocycles. The average Bonchev–Trinajstić information content (AvgIpc) is 2.87. The Morgan fingerprint density at radius 1 is 1.41 bits per heavy atom. The van der Waals surface area contributed by atoms with Gasteiger partial charge in [0.2, 0.25) is 5.91 Å². The highest BCUT2D eigenvalue weighted by atomic mass is 35.5. The van der Waals surface area contributed by atoms with Gasteiger partial charge in [0.15, 0.2) is 0 Å². The van der Waals surface area contributed by atoms with Crippen LogP contribution >= 0.6 is 34.7 Å². The summed E-state index contributed by atoms with van der Waals surface area (Å²) in [5.41, 5.74) is 2.15. The van der Waals surface area contributed by atoms with Crippen molar-refractivity contribution in [2.24, 2.45) is 0 Å². The number of aryl methyl sites for hydroxylation is 2. The van der Waals surface area contributed by atoms with E-state index in [-0.39, 0.29) is 5.91 Å². The van der Waals surface area contributed by atoms with Crippen LogP contribution in [0.1, 0.15) is 28.1 Å². The van der Waals surface area contributed by atoms with Crippen molar-refractivity contribution in [3.8, 4) is 0 Å². The Kier molecular flexibility index (Phi) is 6.73. The molecule has 0 fully saturated rings. The number of hydrogen-bond acceptors (Lipinski definition) is 4. The molecule has 0 aliphatic rings. The molecule has 0 aliphatic heterocycles. The monoisotopic (exact) mass is 354 g/mol. The predicted molar refractivity (Wildman–Crippen MR) is 95.7 cm³/mol. The normalized spacial score (nSPS) is 10.7. The third kappa shape index (κ3) is 5.00. The van der Waals surface area contributed by atoms with Gasteiger partial charge in [0, 0.05) is 15.7 Å². The summed E-state index contributed by atoms with van der Waals surface area (Å²) in [5, 5.41) is 4.77. The first-order valence-electron chi connectivity index (χ1n) is 7.13. The first kappa shape index (κ1) is 17.3. The predicted octanol–water partition coefficient (Wildman–Crippen LogP) is 4.22. The Hall–Kier alpha value is -1.04. The van der Waals surface area contributed by atoms with Crippen LogP contribution in [-0.4, -0.2) is 16.6 Å². The third-order valence-corrected chi connectivity index (χ3v) is 5.48. The molecule has 2 rings (SSSR count). The van der Waals surface area contributed by atoms with Crippen LogP contribution in [0.4, 0.5) is 0 Å². The van der Waals surface area contributed by atoms with Gasteiger partial charge in [-0.05, 0) is 25.0 Å². The topological polar surface area (TPSA) is 42.0 Å². The molecule has 118 valence electrons. The Balaban J connectivity index is 1.75. The summed E-state index contributed by atoms with van der Waals surface area (Å²) < 4.78 is 0. The van der Waals surface area contributed by atoms with Gasteiger partial charge in [0.05, 0.1) is 23.0 Å². The molecule has 1 N–H and O–H groups in total. The van der Waals surface area contributed by atoms with E-state index < -0.39 is 0 Å². The molecule has 0 saturated carbocycles. The Morgan fingerprint density at radius 3 is 2.91 bits per heavy atom. The largest absolute Gasteiger partial charge is 0.350 e. The zero-order valence-corrected chi connectivity index (χ0v) is 15.1. The Bertz CT molecular complexity index is 643. The lowest BCUT2D eigenvalue weighted by Crippen LogP contribution is -2.24. The van der Waals surface area contributed by atoms with Crippen LogP contribution in [-0.2, 0) is 23.5 Å². The van der Waals surface area contributed by atoms with Crippen LogP contribution in [0.25, 0.3) is 0 Å². The molecule has 0 bridgehead atoms. The number of amides is 1. The molecule has 0 unspecified atom stereocenters. The minimum Gasteiger partial charge on any atom is -0.350 e. The molecule has 1 amide bonds. The van der Waals surface area contributed by atoms with E-state index in [4.69, 9.17) is 11.6 Å². The SMILES string of the molecule is CCc1nc(C)sc1CNC(=O)CSCc1ccccc1Cl. The van der Waals surface area contributed by atoms with Crippen LogP contribution in [0, 0.1) is 6.92 Å². The maximum absolute atomic E-state index is 11.9. The number of carbonyl (C=O) groups is 1. The third-order valence-electron chi connectivity index (χ3n) is 3.11. The first-order valence-corrected chi connectivity index (χ1v) is 9.48. The summed E-state index contributed by atoms with van der Waals surface area (Å²) in [4.78, 5) is 17.5. The fourth-order valence-electron chi connectivity index (χ4n) is 2.03. The summed E-state index contributed by atoms with van der Waals surface area (Å²) in [6.45, 7) is 4.65. The lowest BCUT2D eigenvalue weighted by atomic mass is 10.2. The zero-order valence-electron chi connectivity index (χ0n) is 12.7. The van der Waals surface area contributed by atoms with Gasteiger partial charge in [0.1, 0.15) is 0 Å². The van der Waals surface area contributed by atoms with Crippen molar-refractivity contribution < 1.29 is 4.79 Å². The van der Waals surface area contributed by atoms with Crippen molar-refractivity contribution in [2.45, 2.75) is 32.6 Å². The van der Waals surface area contributed by atoms with E-state index in [1.165, 1.54) is 0 Å². The van der Waals surface area contributed by atoms with Crippen LogP contribution < -0.4 is 5.32 Å². The van der Waals surface area contributed by atoms with Crippen LogP contribution in [0.5, 0.6) is 0 Å². The van der Waals surface area contributed by atoms with Gasteiger partial charge in [-0.2, -0.15) is 0 Å². The minimum atomic E-state index is 0.0464. The molecule has 2 aromatic rings. The number of thiazole rings is 1. The van der Waals surface area contributed by atoms with E-state index >= 15 is 0 Å². The summed E-state index contributed by atoms with van der Waals surface area (Å²) in [6.07, 6.45) is 0.900. The van der Waals surface area contributed by atoms with Gasteiger partial charge in [-0.15, -0.1) is 23.1 Å². The maximum atomic E-state index is 11.9. The van der Waals surface area contributed by atoms with Crippen molar-refractivity contribution in [1.82, 2.24) is 10.3 Å². The summed E-state index contributed by atoms with van der Waals surface area (Å²) in [5.74, 6) is 1.22. The second-order valence-electron chi connectivity index (χ2n) is 4.82. The highest BCUT2D eigenvalue weighted by Gasteiger charge is 2.09. The molecule has 22 heavy (non-hydrogen) atoms. The van der Waals surface area contributed by atoms with Crippen molar-refractivity contribution in [1.29, 1.82) is 0 Å². The molecule has 6 heteroatoms. The van der Waals surface area contributed by atoms with E-state index in [1.807, 2.05) is 31.2 Å². The van der Waals surface area contributed by atoms with E-state index in [0.717, 1.165) is 38.3 Å². The van der Waals surface area contributed by atoms with Gasteiger partial charge in [-0.3, -0.25) is 4.79 Å². The minimum absolute atomic E-state index is 0.0464. The lowest BCUT2D eigenvalue weighted by molar-refractivity contribution is -0.118. The van der Waals surface area contributed by atoms with E-state index in [1.54, 1.807) is 23.1 Å². The fourth-order valence-corrected chi connectivity index (χ4v) is 4.13. The highest BCUT2D eigenvalue weighted by molar-refractivity contribution is 7.99. The highest BCUT2D eigenvalue weighted by Crippen LogP contribution is 2.21. The standard InChI is InChI=1S/C16H19ClN2OS2/c1-3-14-15(22-11(2)19-14)8-18-16(20)10-21-9-12-6-4-5-7-13(12)17/h4-7H,3,8-10H2,1-2H3,(H,18,20). The molecule has 0 spiro atoms. The van der Waals surface area contributed by atoms with Gasteiger partial charge in [-0.25, -0.2) is 4.98 Å². The second kappa shape index (κ2) is 8.56. The number of aromatic nitrogens is 1. The van der Waals surface area contributed by atoms with E-state index in [0.29, 0.717) is 12.3 Å². The molecule has 0 saturated heterocycles. The Labute approximate surface area is 144 Å². The van der Waals surface area contributed by atoms with Crippen LogP contribution in [0.3, 0.4) is 0 Å². The van der Waals surface area contributed by atoms with Gasteiger partial charge < -0.3 is 5.32 Å². The van der Waals surface area contributed by atoms with Gasteiger partial charge >= 0.3 is 0 Å². The number of thioether (sulfide) groups is 1. The number of benzene rings is 1. The Morgan fingerprint density at radius 2 is 2.18 bits per heavy atom. The number of halogens is 1. The number of nitrogens with one attached hydrogen (secondary N) is 1. The molecule has 1 aromatic carbocycles. The summed E-state index contributed by atoms with van der Waals surface area (Å²) >= 11 is 9.32. The fraction of sp³-hybridized carbons (Fsp3) is 0.375. The van der Waals surface area contributed by atoms with Crippen molar-refractivity contribution in [3.05, 3.63) is 50.4 Å². The number of carbonyl (C=O) groups excluding carboxylic acids is 1. The van der Waals surface area contributed by atoms with Gasteiger partial charge in [0.25, 0.3) is 0 Å². The average molecular weight is 355 g/mol. The second-order valence-corrected chi connectivity index (χ2v) is 7.50. The summed E-state index contributed by atoms with van der Waals surface area (Å²) in [7, 11) is 0. The van der Waals surface area contributed by atoms with Crippen LogP contribution in [0.15, 0.2) is 24.3 Å².